The van der Waals surface area contributed by atoms with Crippen molar-refractivity contribution in [3.63, 3.8) is 0 Å². The van der Waals surface area contributed by atoms with E-state index in [-0.39, 0.29) is 0 Å². The molecule has 0 aliphatic rings. The monoisotopic (exact) mass is 814 g/mol. The molecular weight excluding hydrogens is 773 g/mol. The summed E-state index contributed by atoms with van der Waals surface area (Å²) in [6.45, 7) is 0. The predicted octanol–water partition coefficient (Wildman–Crippen LogP) is 17.2. The molecule has 0 bridgehead atoms. The molecule has 300 valence electrons. The average Bonchev–Trinajstić information content (AvgIpc) is 3.72. The Morgan fingerprint density at radius 2 is 0.781 bits per heavy atom. The Balaban J connectivity index is 1.01. The Bertz CT molecular complexity index is 3640. The number of aromatic nitrogens is 1. The maximum atomic E-state index is 2.42. The second kappa shape index (κ2) is 15.8. The van der Waals surface area contributed by atoms with Gasteiger partial charge >= 0.3 is 0 Å². The fraction of sp³-hybridized carbons (Fsp3) is 0. The fourth-order valence-corrected chi connectivity index (χ4v) is 9.83. The molecule has 0 atom stereocenters. The van der Waals surface area contributed by atoms with Crippen LogP contribution in [0.25, 0.3) is 93.5 Å². The number of hydrogen-bond acceptors (Lipinski definition) is 1. The van der Waals surface area contributed by atoms with Crippen LogP contribution in [0.15, 0.2) is 255 Å². The van der Waals surface area contributed by atoms with Crippen molar-refractivity contribution in [2.75, 3.05) is 4.90 Å². The van der Waals surface area contributed by atoms with Crippen LogP contribution in [-0.2, 0) is 0 Å². The molecule has 0 spiro atoms. The summed E-state index contributed by atoms with van der Waals surface area (Å²) in [5.74, 6) is 0. The lowest BCUT2D eigenvalue weighted by Gasteiger charge is -2.28. The zero-order valence-corrected chi connectivity index (χ0v) is 35.1. The Morgan fingerprint density at radius 1 is 0.281 bits per heavy atom. The van der Waals surface area contributed by atoms with Gasteiger partial charge in [-0.1, -0.05) is 194 Å². The standard InChI is InChI=1S/C62H42N2/c1-3-16-44(17-4-1)53-27-14-20-48-42-47(36-41-55(48)53)43-32-37-50(38-33-43)63(51-39-34-46(35-40-51)54-26-13-19-45-18-7-8-23-52(45)54)59-29-11-9-24-56(59)57-28-15-31-61-62(57)58-25-10-12-30-60(58)64(61)49-21-5-2-6-22-49/h1-42H. The van der Waals surface area contributed by atoms with Crippen molar-refractivity contribution < 1.29 is 0 Å². The van der Waals surface area contributed by atoms with E-state index >= 15 is 0 Å². The third kappa shape index (κ3) is 6.44. The summed E-state index contributed by atoms with van der Waals surface area (Å²) in [7, 11) is 0. The normalized spacial score (nSPS) is 11.4. The summed E-state index contributed by atoms with van der Waals surface area (Å²) < 4.78 is 2.40. The second-order valence-electron chi connectivity index (χ2n) is 16.5. The molecule has 12 aromatic rings. The highest BCUT2D eigenvalue weighted by Gasteiger charge is 2.22. The van der Waals surface area contributed by atoms with Crippen LogP contribution >= 0.6 is 0 Å². The fourth-order valence-electron chi connectivity index (χ4n) is 9.83. The number of rotatable bonds is 8. The summed E-state index contributed by atoms with van der Waals surface area (Å²) in [5, 5.41) is 7.45. The quantitative estimate of drug-likeness (QED) is 0.148. The van der Waals surface area contributed by atoms with Gasteiger partial charge in [0.2, 0.25) is 0 Å². The van der Waals surface area contributed by atoms with E-state index in [1.54, 1.807) is 0 Å². The molecule has 0 aliphatic heterocycles. The highest BCUT2D eigenvalue weighted by atomic mass is 15.1. The van der Waals surface area contributed by atoms with Gasteiger partial charge in [-0.3, -0.25) is 0 Å². The van der Waals surface area contributed by atoms with Gasteiger partial charge in [-0.05, 0) is 121 Å². The molecule has 0 N–H and O–H groups in total. The molecule has 0 amide bonds. The van der Waals surface area contributed by atoms with Gasteiger partial charge in [-0.25, -0.2) is 0 Å². The first-order valence-electron chi connectivity index (χ1n) is 22.0. The van der Waals surface area contributed by atoms with Gasteiger partial charge in [0, 0.05) is 33.4 Å². The second-order valence-corrected chi connectivity index (χ2v) is 16.5. The van der Waals surface area contributed by atoms with E-state index in [1.165, 1.54) is 82.3 Å². The molecule has 0 aliphatic carbocycles. The molecule has 0 radical (unpaired) electrons. The number of anilines is 3. The molecule has 0 saturated heterocycles. The van der Waals surface area contributed by atoms with Crippen molar-refractivity contribution in [2.45, 2.75) is 0 Å². The van der Waals surface area contributed by atoms with E-state index in [1.807, 2.05) is 0 Å². The van der Waals surface area contributed by atoms with E-state index in [2.05, 4.69) is 264 Å². The van der Waals surface area contributed by atoms with E-state index in [4.69, 9.17) is 0 Å². The van der Waals surface area contributed by atoms with Crippen LogP contribution in [0.4, 0.5) is 17.1 Å². The molecule has 0 fully saturated rings. The number of nitrogens with zero attached hydrogens (tertiary/aromatic N) is 2. The van der Waals surface area contributed by atoms with Gasteiger partial charge in [0.25, 0.3) is 0 Å². The molecular formula is C62H42N2. The van der Waals surface area contributed by atoms with Crippen LogP contribution in [0.2, 0.25) is 0 Å². The van der Waals surface area contributed by atoms with Gasteiger partial charge in [0.1, 0.15) is 0 Å². The Hall–Kier alpha value is -8.46. The van der Waals surface area contributed by atoms with Crippen molar-refractivity contribution in [1.29, 1.82) is 0 Å². The van der Waals surface area contributed by atoms with Crippen molar-refractivity contribution in [1.82, 2.24) is 4.57 Å². The van der Waals surface area contributed by atoms with Crippen LogP contribution < -0.4 is 4.90 Å². The van der Waals surface area contributed by atoms with Crippen LogP contribution in [0.3, 0.4) is 0 Å². The molecule has 0 unspecified atom stereocenters. The summed E-state index contributed by atoms with van der Waals surface area (Å²) in [6, 6.07) is 92.6. The number of benzene rings is 11. The lowest BCUT2D eigenvalue weighted by molar-refractivity contribution is 1.18. The largest absolute Gasteiger partial charge is 0.310 e. The molecule has 11 aromatic carbocycles. The maximum Gasteiger partial charge on any atom is 0.0547 e. The SMILES string of the molecule is c1ccc(-c2cccc3cc(-c4ccc(N(c5ccc(-c6cccc7ccccc67)cc5)c5ccccc5-c5cccc6c5c5ccccc5n6-c5ccccc5)cc4)ccc23)cc1. The Morgan fingerprint density at radius 3 is 1.55 bits per heavy atom. The van der Waals surface area contributed by atoms with Crippen molar-refractivity contribution in [3.8, 4) is 50.2 Å². The average molecular weight is 815 g/mol. The summed E-state index contributed by atoms with van der Waals surface area (Å²) in [5.41, 5.74) is 16.4. The first-order chi connectivity index (χ1) is 31.8. The summed E-state index contributed by atoms with van der Waals surface area (Å²) >= 11 is 0. The number of fused-ring (bicyclic) bond motifs is 5. The lowest BCUT2D eigenvalue weighted by atomic mass is 9.95. The van der Waals surface area contributed by atoms with E-state index in [0.717, 1.165) is 28.3 Å². The van der Waals surface area contributed by atoms with E-state index in [9.17, 15) is 0 Å². The topological polar surface area (TPSA) is 8.17 Å². The minimum absolute atomic E-state index is 1.08. The zero-order valence-electron chi connectivity index (χ0n) is 35.1. The van der Waals surface area contributed by atoms with E-state index < -0.39 is 0 Å². The van der Waals surface area contributed by atoms with Crippen molar-refractivity contribution >= 4 is 60.4 Å². The summed E-state index contributed by atoms with van der Waals surface area (Å²) in [6.07, 6.45) is 0. The number of hydrogen-bond donors (Lipinski definition) is 0. The highest BCUT2D eigenvalue weighted by molar-refractivity contribution is 6.17. The van der Waals surface area contributed by atoms with Crippen molar-refractivity contribution in [3.05, 3.63) is 255 Å². The van der Waals surface area contributed by atoms with Gasteiger partial charge in [-0.2, -0.15) is 0 Å². The van der Waals surface area contributed by atoms with Crippen LogP contribution in [0, 0.1) is 0 Å². The summed E-state index contributed by atoms with van der Waals surface area (Å²) in [4.78, 5) is 2.42. The van der Waals surface area contributed by atoms with Gasteiger partial charge in [-0.15, -0.1) is 0 Å². The molecule has 12 rings (SSSR count). The predicted molar refractivity (Wildman–Crippen MR) is 272 cm³/mol. The molecule has 0 saturated carbocycles. The van der Waals surface area contributed by atoms with Gasteiger partial charge < -0.3 is 9.47 Å². The minimum Gasteiger partial charge on any atom is -0.310 e. The van der Waals surface area contributed by atoms with Crippen LogP contribution in [-0.4, -0.2) is 4.57 Å². The molecule has 2 heteroatoms. The smallest absolute Gasteiger partial charge is 0.0547 e. The molecule has 1 heterocycles. The van der Waals surface area contributed by atoms with Gasteiger partial charge in [0.05, 0.1) is 16.7 Å². The van der Waals surface area contributed by atoms with Crippen LogP contribution in [0.5, 0.6) is 0 Å². The first kappa shape index (κ1) is 37.3. The third-order valence-corrected chi connectivity index (χ3v) is 12.8. The van der Waals surface area contributed by atoms with E-state index in [0.29, 0.717) is 0 Å². The van der Waals surface area contributed by atoms with Gasteiger partial charge in [0.15, 0.2) is 0 Å². The Kier molecular flexibility index (Phi) is 9.20. The first-order valence-corrected chi connectivity index (χ1v) is 22.0. The van der Waals surface area contributed by atoms with Crippen molar-refractivity contribution in [2.24, 2.45) is 0 Å². The van der Waals surface area contributed by atoms with Crippen LogP contribution in [0.1, 0.15) is 0 Å². The maximum absolute atomic E-state index is 2.42. The minimum atomic E-state index is 1.08. The molecule has 64 heavy (non-hydrogen) atoms. The highest BCUT2D eigenvalue weighted by Crippen LogP contribution is 2.46. The number of para-hydroxylation sites is 3. The Labute approximate surface area is 373 Å². The lowest BCUT2D eigenvalue weighted by Crippen LogP contribution is -2.11. The third-order valence-electron chi connectivity index (χ3n) is 12.8. The molecule has 2 nitrogen and oxygen atoms in total. The zero-order chi connectivity index (χ0) is 42.4. The molecule has 1 aromatic heterocycles.